The highest BCUT2D eigenvalue weighted by molar-refractivity contribution is 6.30. The van der Waals surface area contributed by atoms with E-state index in [1.54, 1.807) is 0 Å². The molecule has 22 heavy (non-hydrogen) atoms. The van der Waals surface area contributed by atoms with Crippen molar-refractivity contribution in [3.05, 3.63) is 45.9 Å². The summed E-state index contributed by atoms with van der Waals surface area (Å²) in [5.74, 6) is -2.32. The first kappa shape index (κ1) is 14.7. The van der Waals surface area contributed by atoms with Crippen LogP contribution in [0.4, 0.5) is 4.39 Å². The average molecular weight is 323 g/mol. The molecule has 0 aliphatic heterocycles. The minimum Gasteiger partial charge on any atom is -0.477 e. The number of hydrogen-bond acceptors (Lipinski definition) is 4. The van der Waals surface area contributed by atoms with Crippen LogP contribution < -0.4 is 4.74 Å². The van der Waals surface area contributed by atoms with Gasteiger partial charge in [0.15, 0.2) is 11.6 Å². The molecule has 0 radical (unpaired) electrons. The lowest BCUT2D eigenvalue weighted by atomic mass is 9.93. The number of ether oxygens (including phenoxy) is 1. The molecule has 1 aliphatic rings. The van der Waals surface area contributed by atoms with Crippen LogP contribution in [0.15, 0.2) is 18.2 Å². The summed E-state index contributed by atoms with van der Waals surface area (Å²) in [7, 11) is 0. The molecule has 1 aromatic heterocycles. The molecule has 0 atom stereocenters. The van der Waals surface area contributed by atoms with E-state index in [9.17, 15) is 14.3 Å². The minimum absolute atomic E-state index is 0.0518. The molecule has 0 spiro atoms. The molecule has 0 fully saturated rings. The fourth-order valence-corrected chi connectivity index (χ4v) is 2.68. The van der Waals surface area contributed by atoms with Crippen LogP contribution in [0.5, 0.6) is 11.6 Å². The van der Waals surface area contributed by atoms with Crippen molar-refractivity contribution < 1.29 is 19.0 Å². The van der Waals surface area contributed by atoms with Gasteiger partial charge in [-0.25, -0.2) is 9.18 Å². The quantitative estimate of drug-likeness (QED) is 0.934. The van der Waals surface area contributed by atoms with E-state index in [0.29, 0.717) is 24.1 Å². The molecule has 0 unspecified atom stereocenters. The summed E-state index contributed by atoms with van der Waals surface area (Å²) in [6.07, 6.45) is 3.11. The van der Waals surface area contributed by atoms with Crippen molar-refractivity contribution in [3.63, 3.8) is 0 Å². The Morgan fingerprint density at radius 3 is 2.82 bits per heavy atom. The summed E-state index contributed by atoms with van der Waals surface area (Å²) in [5.41, 5.74) is 1.23. The van der Waals surface area contributed by atoms with Gasteiger partial charge in [-0.1, -0.05) is 17.7 Å². The van der Waals surface area contributed by atoms with E-state index in [4.69, 9.17) is 16.3 Å². The Kier molecular flexibility index (Phi) is 3.94. The number of carboxylic acid groups (broad SMARTS) is 1. The summed E-state index contributed by atoms with van der Waals surface area (Å²) < 4.78 is 19.2. The number of carbonyl (C=O) groups is 1. The second kappa shape index (κ2) is 5.88. The highest BCUT2D eigenvalue weighted by Gasteiger charge is 2.25. The topological polar surface area (TPSA) is 72.3 Å². The van der Waals surface area contributed by atoms with Crippen LogP contribution in [-0.2, 0) is 12.8 Å². The van der Waals surface area contributed by atoms with Gasteiger partial charge in [0.1, 0.15) is 5.56 Å². The van der Waals surface area contributed by atoms with Gasteiger partial charge in [-0.15, -0.1) is 5.10 Å². The lowest BCUT2D eigenvalue weighted by Gasteiger charge is -2.18. The SMILES string of the molecule is O=C(O)c1c(Oc2cccc(Cl)c2F)nnc2c1CCCC2. The van der Waals surface area contributed by atoms with Gasteiger partial charge in [0.2, 0.25) is 0 Å². The van der Waals surface area contributed by atoms with E-state index in [0.717, 1.165) is 12.8 Å². The molecule has 3 rings (SSSR count). The van der Waals surface area contributed by atoms with Crippen molar-refractivity contribution in [1.29, 1.82) is 0 Å². The number of aromatic carboxylic acids is 1. The van der Waals surface area contributed by atoms with Crippen LogP contribution in [0.25, 0.3) is 0 Å². The van der Waals surface area contributed by atoms with Gasteiger partial charge in [-0.3, -0.25) is 0 Å². The number of carboxylic acids is 1. The number of fused-ring (bicyclic) bond motifs is 1. The minimum atomic E-state index is -1.16. The smallest absolute Gasteiger partial charge is 0.341 e. The molecule has 1 N–H and O–H groups in total. The maximum Gasteiger partial charge on any atom is 0.341 e. The number of hydrogen-bond donors (Lipinski definition) is 1. The zero-order valence-electron chi connectivity index (χ0n) is 11.5. The third-order valence-electron chi connectivity index (χ3n) is 3.55. The number of aryl methyl sites for hydroxylation is 1. The van der Waals surface area contributed by atoms with Crippen LogP contribution in [0.3, 0.4) is 0 Å². The predicted molar refractivity (Wildman–Crippen MR) is 77.1 cm³/mol. The van der Waals surface area contributed by atoms with Gasteiger partial charge < -0.3 is 9.84 Å². The molecule has 0 bridgehead atoms. The lowest BCUT2D eigenvalue weighted by Crippen LogP contribution is -2.15. The maximum atomic E-state index is 13.9. The number of aromatic nitrogens is 2. The Morgan fingerprint density at radius 1 is 1.27 bits per heavy atom. The van der Waals surface area contributed by atoms with Gasteiger partial charge in [0.05, 0.1) is 10.7 Å². The van der Waals surface area contributed by atoms with Gasteiger partial charge >= 0.3 is 5.97 Å². The van der Waals surface area contributed by atoms with Crippen molar-refractivity contribution in [1.82, 2.24) is 10.2 Å². The average Bonchev–Trinajstić information content (AvgIpc) is 2.51. The summed E-state index contributed by atoms with van der Waals surface area (Å²) in [4.78, 5) is 11.6. The zero-order valence-corrected chi connectivity index (χ0v) is 12.2. The molecule has 1 aromatic carbocycles. The van der Waals surface area contributed by atoms with E-state index in [-0.39, 0.29) is 22.2 Å². The van der Waals surface area contributed by atoms with Gasteiger partial charge in [0, 0.05) is 0 Å². The first-order valence-electron chi connectivity index (χ1n) is 6.81. The van der Waals surface area contributed by atoms with Crippen LogP contribution in [-0.4, -0.2) is 21.3 Å². The summed E-state index contributed by atoms with van der Waals surface area (Å²) in [6, 6.07) is 4.24. The Morgan fingerprint density at radius 2 is 2.05 bits per heavy atom. The summed E-state index contributed by atoms with van der Waals surface area (Å²) in [6.45, 7) is 0. The van der Waals surface area contributed by atoms with Gasteiger partial charge in [0.25, 0.3) is 5.88 Å². The van der Waals surface area contributed by atoms with Crippen molar-refractivity contribution >= 4 is 17.6 Å². The van der Waals surface area contributed by atoms with E-state index in [1.165, 1.54) is 18.2 Å². The molecule has 5 nitrogen and oxygen atoms in total. The third kappa shape index (κ3) is 2.62. The highest BCUT2D eigenvalue weighted by Crippen LogP contribution is 2.33. The molecule has 2 aromatic rings. The molecular formula is C15H12ClFN2O3. The molecule has 0 amide bonds. The first-order valence-corrected chi connectivity index (χ1v) is 7.19. The number of rotatable bonds is 3. The standard InChI is InChI=1S/C15H12ClFN2O3/c16-9-5-3-7-11(13(9)17)22-14-12(15(20)21)8-4-1-2-6-10(8)18-19-14/h3,5,7H,1-2,4,6H2,(H,20,21). The van der Waals surface area contributed by atoms with Crippen molar-refractivity contribution in [2.45, 2.75) is 25.7 Å². The van der Waals surface area contributed by atoms with E-state index < -0.39 is 11.8 Å². The number of nitrogens with zero attached hydrogens (tertiary/aromatic N) is 2. The normalized spacial score (nSPS) is 13.5. The number of benzene rings is 1. The zero-order chi connectivity index (χ0) is 15.7. The van der Waals surface area contributed by atoms with Gasteiger partial charge in [-0.2, -0.15) is 5.10 Å². The molecule has 1 aliphatic carbocycles. The summed E-state index contributed by atoms with van der Waals surface area (Å²) in [5, 5.41) is 17.2. The molecule has 0 saturated heterocycles. The fraction of sp³-hybridized carbons (Fsp3) is 0.267. The Bertz CT molecular complexity index is 752. The lowest BCUT2D eigenvalue weighted by molar-refractivity contribution is 0.0691. The van der Waals surface area contributed by atoms with Crippen molar-refractivity contribution in [2.75, 3.05) is 0 Å². The molecule has 114 valence electrons. The Labute approximate surface area is 130 Å². The number of halogens is 2. The Balaban J connectivity index is 2.07. The van der Waals surface area contributed by atoms with E-state index >= 15 is 0 Å². The van der Waals surface area contributed by atoms with Crippen LogP contribution in [0.1, 0.15) is 34.5 Å². The first-order chi connectivity index (χ1) is 10.6. The largest absolute Gasteiger partial charge is 0.477 e. The highest BCUT2D eigenvalue weighted by atomic mass is 35.5. The third-order valence-corrected chi connectivity index (χ3v) is 3.84. The molecule has 1 heterocycles. The van der Waals surface area contributed by atoms with Crippen molar-refractivity contribution in [2.24, 2.45) is 0 Å². The molecule has 7 heteroatoms. The Hall–Kier alpha value is -2.21. The maximum absolute atomic E-state index is 13.9. The van der Waals surface area contributed by atoms with Crippen molar-refractivity contribution in [3.8, 4) is 11.6 Å². The van der Waals surface area contributed by atoms with Crippen LogP contribution >= 0.6 is 11.6 Å². The molecular weight excluding hydrogens is 311 g/mol. The predicted octanol–water partition coefficient (Wildman–Crippen LogP) is 3.64. The van der Waals surface area contributed by atoms with E-state index in [2.05, 4.69) is 10.2 Å². The second-order valence-corrected chi connectivity index (χ2v) is 5.38. The fourth-order valence-electron chi connectivity index (χ4n) is 2.51. The summed E-state index contributed by atoms with van der Waals surface area (Å²) >= 11 is 5.69. The van der Waals surface area contributed by atoms with E-state index in [1.807, 2.05) is 0 Å². The van der Waals surface area contributed by atoms with Crippen LogP contribution in [0.2, 0.25) is 5.02 Å². The monoisotopic (exact) mass is 322 g/mol. The second-order valence-electron chi connectivity index (χ2n) is 4.97. The van der Waals surface area contributed by atoms with Gasteiger partial charge in [-0.05, 0) is 43.4 Å². The molecule has 0 saturated carbocycles. The van der Waals surface area contributed by atoms with Crippen LogP contribution in [0, 0.1) is 5.82 Å².